The van der Waals surface area contributed by atoms with Gasteiger partial charge in [-0.3, -0.25) is 10.1 Å². The van der Waals surface area contributed by atoms with Crippen LogP contribution in [0, 0.1) is 5.82 Å². The van der Waals surface area contributed by atoms with Crippen LogP contribution in [-0.4, -0.2) is 48.0 Å². The van der Waals surface area contributed by atoms with Gasteiger partial charge in [0.15, 0.2) is 5.13 Å². The van der Waals surface area contributed by atoms with Crippen molar-refractivity contribution >= 4 is 28.4 Å². The number of nitrogens with one attached hydrogen (secondary N) is 3. The van der Waals surface area contributed by atoms with E-state index < -0.39 is 47.4 Å². The summed E-state index contributed by atoms with van der Waals surface area (Å²) in [6, 6.07) is 7.14. The lowest BCUT2D eigenvalue weighted by atomic mass is 9.81. The van der Waals surface area contributed by atoms with Crippen LogP contribution in [0.2, 0.25) is 0 Å². The van der Waals surface area contributed by atoms with Crippen molar-refractivity contribution in [2.45, 2.75) is 68.4 Å². The maximum absolute atomic E-state index is 13.9. The minimum absolute atomic E-state index is 0.0395. The molecule has 1 aromatic heterocycles. The molecule has 1 aliphatic carbocycles. The number of anilines is 1. The summed E-state index contributed by atoms with van der Waals surface area (Å²) >= 11 is 1.10. The standard InChI is InChI=1S/C31H32F7N5O2S/c1-39-27(45)42-28-41-25(17-46-28)29(26(44)40-16-18-12-21(30(33,34)35)14-22(13-18)31(36,37)38)9-6-24(15-29)43-10-7-20(8-11-43)19-2-4-23(32)5-3-19/h2-5,12-14,17,20,24H,6-11,15-16H2,1H3,(H,40,44)(H2,39,41,42,45). The highest BCUT2D eigenvalue weighted by Crippen LogP contribution is 2.45. The van der Waals surface area contributed by atoms with Gasteiger partial charge in [-0.2, -0.15) is 26.3 Å². The van der Waals surface area contributed by atoms with Crippen molar-refractivity contribution in [2.75, 3.05) is 25.5 Å². The van der Waals surface area contributed by atoms with Crippen molar-refractivity contribution in [3.05, 3.63) is 81.6 Å². The number of benzene rings is 2. The number of nitrogens with zero attached hydrogens (tertiary/aromatic N) is 2. The lowest BCUT2D eigenvalue weighted by molar-refractivity contribution is -0.143. The van der Waals surface area contributed by atoms with Gasteiger partial charge >= 0.3 is 18.4 Å². The van der Waals surface area contributed by atoms with Crippen LogP contribution in [-0.2, 0) is 29.1 Å². The summed E-state index contributed by atoms with van der Waals surface area (Å²) in [6.07, 6.45) is -7.12. The Morgan fingerprint density at radius 3 is 2.20 bits per heavy atom. The SMILES string of the molecule is CNC(=O)Nc1nc(C2(C(=O)NCc3cc(C(F)(F)F)cc(C(F)(F)F)c3)CCC(N3CCC(c4ccc(F)cc4)CC3)C2)cs1. The highest BCUT2D eigenvalue weighted by molar-refractivity contribution is 7.14. The van der Waals surface area contributed by atoms with Crippen LogP contribution < -0.4 is 16.0 Å². The molecule has 3 amide bonds. The number of carbonyl (C=O) groups is 2. The fourth-order valence-corrected chi connectivity index (χ4v) is 7.21. The highest BCUT2D eigenvalue weighted by Gasteiger charge is 2.50. The van der Waals surface area contributed by atoms with Crippen LogP contribution in [0.1, 0.15) is 66.0 Å². The number of halogens is 7. The van der Waals surface area contributed by atoms with Crippen LogP contribution in [0.25, 0.3) is 0 Å². The molecule has 1 aliphatic heterocycles. The summed E-state index contributed by atoms with van der Waals surface area (Å²) in [5.74, 6) is -0.609. The number of carbonyl (C=O) groups excluding carboxylic acids is 2. The summed E-state index contributed by atoms with van der Waals surface area (Å²) in [5.41, 5.74) is -3.07. The Bertz CT molecular complexity index is 1520. The van der Waals surface area contributed by atoms with E-state index in [1.807, 2.05) is 0 Å². The molecule has 46 heavy (non-hydrogen) atoms. The van der Waals surface area contributed by atoms with Crippen molar-refractivity contribution in [1.29, 1.82) is 0 Å². The molecule has 1 saturated heterocycles. The molecule has 7 nitrogen and oxygen atoms in total. The quantitative estimate of drug-likeness (QED) is 0.235. The fraction of sp³-hybridized carbons (Fsp3) is 0.452. The largest absolute Gasteiger partial charge is 0.416 e. The molecule has 2 aromatic carbocycles. The maximum Gasteiger partial charge on any atom is 0.416 e. The smallest absolute Gasteiger partial charge is 0.351 e. The molecule has 3 aromatic rings. The zero-order chi connectivity index (χ0) is 33.3. The van der Waals surface area contributed by atoms with Crippen LogP contribution in [0.5, 0.6) is 0 Å². The summed E-state index contributed by atoms with van der Waals surface area (Å²) in [5, 5.41) is 9.45. The Hall–Kier alpha value is -3.72. The number of hydrogen-bond donors (Lipinski definition) is 3. The first-order valence-electron chi connectivity index (χ1n) is 14.7. The molecule has 2 atom stereocenters. The Labute approximate surface area is 264 Å². The van der Waals surface area contributed by atoms with Crippen molar-refractivity contribution < 1.29 is 40.3 Å². The second-order valence-electron chi connectivity index (χ2n) is 11.7. The topological polar surface area (TPSA) is 86.4 Å². The molecule has 2 aliphatic rings. The zero-order valence-electron chi connectivity index (χ0n) is 24.7. The molecule has 3 N–H and O–H groups in total. The summed E-state index contributed by atoms with van der Waals surface area (Å²) in [4.78, 5) is 32.6. The Morgan fingerprint density at radius 2 is 1.61 bits per heavy atom. The highest BCUT2D eigenvalue weighted by atomic mass is 32.1. The van der Waals surface area contributed by atoms with Crippen LogP contribution in [0.4, 0.5) is 40.7 Å². The maximum atomic E-state index is 13.9. The van der Waals surface area contributed by atoms with E-state index in [9.17, 15) is 40.3 Å². The predicted molar refractivity (Wildman–Crippen MR) is 158 cm³/mol. The molecule has 0 radical (unpaired) electrons. The van der Waals surface area contributed by atoms with E-state index in [-0.39, 0.29) is 34.5 Å². The summed E-state index contributed by atoms with van der Waals surface area (Å²) in [6.45, 7) is 0.902. The molecular weight excluding hydrogens is 639 g/mol. The zero-order valence-corrected chi connectivity index (χ0v) is 25.5. The molecule has 2 fully saturated rings. The average molecular weight is 672 g/mol. The molecule has 5 rings (SSSR count). The molecule has 0 spiro atoms. The van der Waals surface area contributed by atoms with Gasteiger partial charge in [0.25, 0.3) is 0 Å². The van der Waals surface area contributed by atoms with Gasteiger partial charge in [0, 0.05) is 25.0 Å². The van der Waals surface area contributed by atoms with Gasteiger partial charge in [-0.15, -0.1) is 11.3 Å². The Balaban J connectivity index is 1.36. The van der Waals surface area contributed by atoms with Gasteiger partial charge in [0.1, 0.15) is 5.82 Å². The van der Waals surface area contributed by atoms with Gasteiger partial charge < -0.3 is 15.5 Å². The first kappa shape index (κ1) is 33.6. The first-order valence-corrected chi connectivity index (χ1v) is 15.6. The molecule has 248 valence electrons. The third-order valence-corrected chi connectivity index (χ3v) is 9.61. The van der Waals surface area contributed by atoms with Gasteiger partial charge in [0.2, 0.25) is 5.91 Å². The number of thiazole rings is 1. The molecule has 0 bridgehead atoms. The van der Waals surface area contributed by atoms with E-state index in [1.165, 1.54) is 19.2 Å². The third kappa shape index (κ3) is 7.46. The molecule has 2 heterocycles. The number of alkyl halides is 6. The molecule has 1 saturated carbocycles. The Kier molecular flexibility index (Phi) is 9.64. The first-order chi connectivity index (χ1) is 21.7. The number of rotatable bonds is 7. The number of amides is 3. The minimum atomic E-state index is -5.02. The predicted octanol–water partition coefficient (Wildman–Crippen LogP) is 7.06. The second kappa shape index (κ2) is 13.2. The van der Waals surface area contributed by atoms with Gasteiger partial charge in [-0.25, -0.2) is 14.2 Å². The molecule has 15 heteroatoms. The van der Waals surface area contributed by atoms with E-state index >= 15 is 0 Å². The third-order valence-electron chi connectivity index (χ3n) is 8.85. The number of aromatic nitrogens is 1. The normalized spacial score (nSPS) is 21.3. The molecule has 2 unspecified atom stereocenters. The van der Waals surface area contributed by atoms with Crippen LogP contribution in [0.3, 0.4) is 0 Å². The summed E-state index contributed by atoms with van der Waals surface area (Å²) < 4.78 is 93.9. The lowest BCUT2D eigenvalue weighted by Gasteiger charge is -2.37. The molecular formula is C31H32F7N5O2S. The van der Waals surface area contributed by atoms with Gasteiger partial charge in [-0.05, 0) is 92.6 Å². The summed E-state index contributed by atoms with van der Waals surface area (Å²) in [7, 11) is 1.43. The van der Waals surface area contributed by atoms with Crippen molar-refractivity contribution in [2.24, 2.45) is 0 Å². The number of hydrogen-bond acceptors (Lipinski definition) is 5. The lowest BCUT2D eigenvalue weighted by Crippen LogP contribution is -2.45. The fourth-order valence-electron chi connectivity index (χ4n) is 6.40. The monoisotopic (exact) mass is 671 g/mol. The van der Waals surface area contributed by atoms with Gasteiger partial charge in [0.05, 0.1) is 22.2 Å². The van der Waals surface area contributed by atoms with Gasteiger partial charge in [-0.1, -0.05) is 12.1 Å². The van der Waals surface area contributed by atoms with E-state index in [2.05, 4.69) is 25.8 Å². The number of piperidine rings is 1. The number of urea groups is 1. The minimum Gasteiger partial charge on any atom is -0.351 e. The van der Waals surface area contributed by atoms with E-state index in [1.54, 1.807) is 17.5 Å². The van der Waals surface area contributed by atoms with Crippen molar-refractivity contribution in [1.82, 2.24) is 20.5 Å². The van der Waals surface area contributed by atoms with E-state index in [4.69, 9.17) is 0 Å². The average Bonchev–Trinajstić information content (AvgIpc) is 3.68. The van der Waals surface area contributed by atoms with Crippen LogP contribution >= 0.6 is 11.3 Å². The van der Waals surface area contributed by atoms with Crippen LogP contribution in [0.15, 0.2) is 47.8 Å². The second-order valence-corrected chi connectivity index (χ2v) is 12.5. The Morgan fingerprint density at radius 1 is 0.978 bits per heavy atom. The van der Waals surface area contributed by atoms with E-state index in [0.717, 1.165) is 42.8 Å². The van der Waals surface area contributed by atoms with Crippen molar-refractivity contribution in [3.63, 3.8) is 0 Å². The van der Waals surface area contributed by atoms with Crippen molar-refractivity contribution in [3.8, 4) is 0 Å². The van der Waals surface area contributed by atoms with E-state index in [0.29, 0.717) is 37.1 Å². The number of likely N-dealkylation sites (tertiary alicyclic amines) is 1.